The molecule has 5 heteroatoms. The minimum absolute atomic E-state index is 0.448. The average molecular weight is 440 g/mol. The van der Waals surface area contributed by atoms with E-state index in [1.807, 2.05) is 0 Å². The van der Waals surface area contributed by atoms with Gasteiger partial charge in [0.15, 0.2) is 0 Å². The predicted octanol–water partition coefficient (Wildman–Crippen LogP) is 4.85. The van der Waals surface area contributed by atoms with Crippen molar-refractivity contribution in [1.29, 1.82) is 0 Å². The summed E-state index contributed by atoms with van der Waals surface area (Å²) in [5.74, 6) is 3.68. The molecule has 0 aromatic heterocycles. The van der Waals surface area contributed by atoms with Gasteiger partial charge in [-0.2, -0.15) is 0 Å². The lowest BCUT2D eigenvalue weighted by molar-refractivity contribution is 0.110. The van der Waals surface area contributed by atoms with Crippen molar-refractivity contribution < 1.29 is 4.74 Å². The molecule has 3 aliphatic rings. The van der Waals surface area contributed by atoms with Crippen molar-refractivity contribution in [1.82, 2.24) is 10.2 Å². The Morgan fingerprint density at radius 1 is 1.10 bits per heavy atom. The molecule has 0 radical (unpaired) electrons. The fourth-order valence-corrected chi connectivity index (χ4v) is 5.97. The molecule has 174 valence electrons. The minimum atomic E-state index is 0.448. The van der Waals surface area contributed by atoms with Gasteiger partial charge in [0.1, 0.15) is 0 Å². The molecule has 2 unspecified atom stereocenters. The molecule has 1 saturated heterocycles. The van der Waals surface area contributed by atoms with Crippen LogP contribution in [0.1, 0.15) is 65.7 Å². The molecular formula is C25H46ClN3O. The molecule has 4 nitrogen and oxygen atoms in total. The van der Waals surface area contributed by atoms with Gasteiger partial charge < -0.3 is 15.0 Å². The molecule has 0 aromatic carbocycles. The Labute approximate surface area is 190 Å². The van der Waals surface area contributed by atoms with Crippen LogP contribution in [0.2, 0.25) is 0 Å². The number of likely N-dealkylation sites (tertiary alicyclic amines) is 1. The molecule has 2 fully saturated rings. The third-order valence-corrected chi connectivity index (χ3v) is 8.22. The van der Waals surface area contributed by atoms with Crippen LogP contribution in [-0.4, -0.2) is 68.5 Å². The van der Waals surface area contributed by atoms with Crippen molar-refractivity contribution in [3.63, 3.8) is 0 Å². The van der Waals surface area contributed by atoms with E-state index in [0.717, 1.165) is 38.1 Å². The molecule has 0 bridgehead atoms. The number of aliphatic imine (C=N–C) groups is 1. The molecule has 1 aliphatic carbocycles. The molecule has 3 atom stereocenters. The smallest absolute Gasteiger partial charge is 0.0543 e. The van der Waals surface area contributed by atoms with E-state index in [2.05, 4.69) is 42.2 Å². The average Bonchev–Trinajstić information content (AvgIpc) is 2.76. The highest BCUT2D eigenvalue weighted by Crippen LogP contribution is 2.37. The fourth-order valence-electron chi connectivity index (χ4n) is 5.71. The second kappa shape index (κ2) is 12.8. The van der Waals surface area contributed by atoms with Crippen molar-refractivity contribution in [2.24, 2.45) is 34.6 Å². The number of alkyl halides is 1. The molecule has 3 rings (SSSR count). The second-order valence-corrected chi connectivity index (χ2v) is 11.1. The third-order valence-electron chi connectivity index (χ3n) is 7.78. The van der Waals surface area contributed by atoms with Gasteiger partial charge in [-0.25, -0.2) is 0 Å². The minimum Gasteiger partial charge on any atom is -0.381 e. The maximum atomic E-state index is 6.32. The van der Waals surface area contributed by atoms with Gasteiger partial charge in [-0.1, -0.05) is 13.8 Å². The molecule has 1 N–H and O–H groups in total. The second-order valence-electron chi connectivity index (χ2n) is 10.4. The van der Waals surface area contributed by atoms with Crippen molar-refractivity contribution in [2.45, 2.75) is 77.1 Å². The monoisotopic (exact) mass is 439 g/mol. The highest BCUT2D eigenvalue weighted by molar-refractivity contribution is 6.20. The van der Waals surface area contributed by atoms with E-state index >= 15 is 0 Å². The first-order chi connectivity index (χ1) is 14.5. The maximum Gasteiger partial charge on any atom is 0.0543 e. The first-order valence-electron chi connectivity index (χ1n) is 12.7. The van der Waals surface area contributed by atoms with E-state index in [1.54, 1.807) is 0 Å². The summed E-state index contributed by atoms with van der Waals surface area (Å²) in [7, 11) is 0. The summed E-state index contributed by atoms with van der Waals surface area (Å²) in [5.41, 5.74) is 0. The maximum absolute atomic E-state index is 6.32. The lowest BCUT2D eigenvalue weighted by atomic mass is 9.75. The van der Waals surface area contributed by atoms with Crippen molar-refractivity contribution in [2.75, 3.05) is 45.9 Å². The van der Waals surface area contributed by atoms with E-state index < -0.39 is 0 Å². The number of piperidine rings is 1. The SMILES string of the molecule is CCOCC1C=NCC(CN[C@@H](CN2CCC(C3CCC(Cl)CC3)CC2)C(C)C)C1. The van der Waals surface area contributed by atoms with Crippen molar-refractivity contribution in [3.8, 4) is 0 Å². The number of hydrogen-bond acceptors (Lipinski definition) is 4. The zero-order chi connectivity index (χ0) is 21.3. The predicted molar refractivity (Wildman–Crippen MR) is 129 cm³/mol. The van der Waals surface area contributed by atoms with Crippen LogP contribution in [0.15, 0.2) is 4.99 Å². The lowest BCUT2D eigenvalue weighted by Crippen LogP contribution is -2.49. The van der Waals surface area contributed by atoms with Crippen LogP contribution in [0, 0.1) is 29.6 Å². The molecule has 0 amide bonds. The van der Waals surface area contributed by atoms with Gasteiger partial charge in [0.25, 0.3) is 0 Å². The number of ether oxygens (including phenoxy) is 1. The Morgan fingerprint density at radius 2 is 1.80 bits per heavy atom. The summed E-state index contributed by atoms with van der Waals surface area (Å²) in [6, 6.07) is 0.574. The van der Waals surface area contributed by atoms with E-state index in [1.165, 1.54) is 64.6 Å². The first kappa shape index (κ1) is 24.5. The number of nitrogens with one attached hydrogen (secondary N) is 1. The quantitative estimate of drug-likeness (QED) is 0.494. The Bertz CT molecular complexity index is 499. The molecule has 2 aliphatic heterocycles. The number of halogens is 1. The van der Waals surface area contributed by atoms with Crippen LogP contribution in [0.4, 0.5) is 0 Å². The summed E-state index contributed by atoms with van der Waals surface area (Å²) in [6.45, 7) is 14.2. The van der Waals surface area contributed by atoms with Gasteiger partial charge >= 0.3 is 0 Å². The van der Waals surface area contributed by atoms with Crippen molar-refractivity contribution in [3.05, 3.63) is 0 Å². The van der Waals surface area contributed by atoms with Gasteiger partial charge in [-0.05, 0) is 88.6 Å². The van der Waals surface area contributed by atoms with Gasteiger partial charge in [0.05, 0.1) is 6.61 Å². The van der Waals surface area contributed by atoms with E-state index in [-0.39, 0.29) is 0 Å². The standard InChI is InChI=1S/C25H46ClN3O/c1-4-30-18-21-13-20(14-27-15-21)16-28-25(19(2)3)17-29-11-9-23(10-12-29)22-5-7-24(26)8-6-22/h15,19-25,28H,4-14,16-18H2,1-3H3/t20?,21?,22?,24?,25-/m0/s1. The molecule has 0 spiro atoms. The van der Waals surface area contributed by atoms with Crippen LogP contribution in [-0.2, 0) is 4.74 Å². The van der Waals surface area contributed by atoms with E-state index in [4.69, 9.17) is 16.3 Å². The summed E-state index contributed by atoms with van der Waals surface area (Å²) >= 11 is 6.32. The topological polar surface area (TPSA) is 36.9 Å². The van der Waals surface area contributed by atoms with Crippen LogP contribution < -0.4 is 5.32 Å². The molecule has 1 saturated carbocycles. The highest BCUT2D eigenvalue weighted by Gasteiger charge is 2.31. The van der Waals surface area contributed by atoms with Crippen LogP contribution in [0.25, 0.3) is 0 Å². The number of nitrogens with zero attached hydrogens (tertiary/aromatic N) is 2. The third kappa shape index (κ3) is 7.76. The molecule has 2 heterocycles. The van der Waals surface area contributed by atoms with Gasteiger partial charge in [-0.3, -0.25) is 4.99 Å². The van der Waals surface area contributed by atoms with Gasteiger partial charge in [0.2, 0.25) is 0 Å². The Kier molecular flexibility index (Phi) is 10.4. The van der Waals surface area contributed by atoms with E-state index in [0.29, 0.717) is 29.2 Å². The largest absolute Gasteiger partial charge is 0.381 e. The molecule has 0 aromatic rings. The summed E-state index contributed by atoms with van der Waals surface area (Å²) < 4.78 is 5.62. The summed E-state index contributed by atoms with van der Waals surface area (Å²) in [6.07, 6.45) is 11.3. The zero-order valence-corrected chi connectivity index (χ0v) is 20.5. The Balaban J connectivity index is 1.38. The highest BCUT2D eigenvalue weighted by atomic mass is 35.5. The fraction of sp³-hybridized carbons (Fsp3) is 0.960. The normalized spacial score (nSPS) is 32.6. The zero-order valence-electron chi connectivity index (χ0n) is 19.7. The Morgan fingerprint density at radius 3 is 2.47 bits per heavy atom. The number of hydrogen-bond donors (Lipinski definition) is 1. The van der Waals surface area contributed by atoms with Gasteiger partial charge in [-0.15, -0.1) is 11.6 Å². The Hall–Kier alpha value is -0.160. The summed E-state index contributed by atoms with van der Waals surface area (Å²) in [4.78, 5) is 7.35. The van der Waals surface area contributed by atoms with Crippen LogP contribution in [0.5, 0.6) is 0 Å². The first-order valence-corrected chi connectivity index (χ1v) is 13.2. The van der Waals surface area contributed by atoms with Crippen LogP contribution in [0.3, 0.4) is 0 Å². The van der Waals surface area contributed by atoms with Crippen molar-refractivity contribution >= 4 is 17.8 Å². The lowest BCUT2D eigenvalue weighted by Gasteiger charge is -2.40. The molecule has 30 heavy (non-hydrogen) atoms. The molecular weight excluding hydrogens is 394 g/mol. The number of rotatable bonds is 10. The van der Waals surface area contributed by atoms with E-state index in [9.17, 15) is 0 Å². The summed E-state index contributed by atoms with van der Waals surface area (Å²) in [5, 5.41) is 4.37. The van der Waals surface area contributed by atoms with Crippen LogP contribution >= 0.6 is 11.6 Å². The van der Waals surface area contributed by atoms with Gasteiger partial charge in [0, 0.05) is 49.8 Å².